The molecule has 0 aromatic heterocycles. The van der Waals surface area contributed by atoms with E-state index in [1.807, 2.05) is 0 Å². The number of esters is 4. The molecular formula is C76H148O17P2. The third-order valence-electron chi connectivity index (χ3n) is 18.0. The minimum Gasteiger partial charge on any atom is -0.462 e. The maximum Gasteiger partial charge on any atom is 0.472 e. The molecule has 0 radical (unpaired) electrons. The number of phosphoric acid groups is 2. The Kier molecular flexibility index (Phi) is 65.2. The topological polar surface area (TPSA) is 237 Å². The van der Waals surface area contributed by atoms with E-state index in [9.17, 15) is 43.2 Å². The third kappa shape index (κ3) is 69.0. The molecule has 0 fully saturated rings. The van der Waals surface area contributed by atoms with E-state index < -0.39 is 97.5 Å². The Balaban J connectivity index is 5.24. The van der Waals surface area contributed by atoms with Crippen LogP contribution in [0.3, 0.4) is 0 Å². The van der Waals surface area contributed by atoms with Crippen molar-refractivity contribution in [2.24, 2.45) is 17.8 Å². The Hall–Kier alpha value is -1.94. The van der Waals surface area contributed by atoms with Crippen molar-refractivity contribution in [2.45, 2.75) is 407 Å². The number of aliphatic hydroxyl groups is 1. The highest BCUT2D eigenvalue weighted by atomic mass is 31.2. The highest BCUT2D eigenvalue weighted by molar-refractivity contribution is 7.47. The predicted octanol–water partition coefficient (Wildman–Crippen LogP) is 22.2. The fourth-order valence-electron chi connectivity index (χ4n) is 11.6. The van der Waals surface area contributed by atoms with Crippen LogP contribution in [0.2, 0.25) is 0 Å². The van der Waals surface area contributed by atoms with Crippen molar-refractivity contribution in [2.75, 3.05) is 39.6 Å². The molecule has 19 heteroatoms. The van der Waals surface area contributed by atoms with Gasteiger partial charge in [-0.2, -0.15) is 0 Å². The van der Waals surface area contributed by atoms with Gasteiger partial charge in [0.15, 0.2) is 12.2 Å². The van der Waals surface area contributed by atoms with Gasteiger partial charge in [0.2, 0.25) is 0 Å². The van der Waals surface area contributed by atoms with E-state index in [1.54, 1.807) is 0 Å². The smallest absolute Gasteiger partial charge is 0.462 e. The number of carbonyl (C=O) groups excluding carboxylic acids is 4. The number of hydrogen-bond donors (Lipinski definition) is 3. The Bertz CT molecular complexity index is 1850. The van der Waals surface area contributed by atoms with Crippen LogP contribution in [0, 0.1) is 17.8 Å². The fraction of sp³-hybridized carbons (Fsp3) is 0.947. The summed E-state index contributed by atoms with van der Waals surface area (Å²) in [6.45, 7) is 11.9. The Morgan fingerprint density at radius 2 is 0.537 bits per heavy atom. The molecule has 3 unspecified atom stereocenters. The van der Waals surface area contributed by atoms with Gasteiger partial charge in [-0.25, -0.2) is 9.13 Å². The lowest BCUT2D eigenvalue weighted by atomic mass is 9.99. The number of carbonyl (C=O) groups is 4. The Morgan fingerprint density at radius 3 is 0.800 bits per heavy atom. The van der Waals surface area contributed by atoms with E-state index in [0.717, 1.165) is 108 Å². The summed E-state index contributed by atoms with van der Waals surface area (Å²) in [5.74, 6) is 0.186. The molecule has 0 spiro atoms. The molecule has 17 nitrogen and oxygen atoms in total. The van der Waals surface area contributed by atoms with Crippen molar-refractivity contribution in [3.05, 3.63) is 0 Å². The van der Waals surface area contributed by atoms with E-state index in [2.05, 4.69) is 48.5 Å². The minimum atomic E-state index is -4.96. The van der Waals surface area contributed by atoms with E-state index in [-0.39, 0.29) is 25.7 Å². The van der Waals surface area contributed by atoms with E-state index in [4.69, 9.17) is 37.0 Å². The summed E-state index contributed by atoms with van der Waals surface area (Å²) in [5, 5.41) is 10.6. The molecule has 3 N–H and O–H groups in total. The van der Waals surface area contributed by atoms with E-state index in [0.29, 0.717) is 25.7 Å². The zero-order chi connectivity index (χ0) is 70.1. The summed E-state index contributed by atoms with van der Waals surface area (Å²) in [4.78, 5) is 72.8. The van der Waals surface area contributed by atoms with Gasteiger partial charge in [0, 0.05) is 25.7 Å². The van der Waals surface area contributed by atoms with Crippen molar-refractivity contribution >= 4 is 39.5 Å². The van der Waals surface area contributed by atoms with Crippen LogP contribution in [0.4, 0.5) is 0 Å². The molecule has 95 heavy (non-hydrogen) atoms. The molecule has 0 aliphatic heterocycles. The quantitative estimate of drug-likeness (QED) is 0.0222. The molecule has 0 heterocycles. The maximum atomic E-state index is 13.1. The van der Waals surface area contributed by atoms with Crippen molar-refractivity contribution in [3.63, 3.8) is 0 Å². The van der Waals surface area contributed by atoms with Gasteiger partial charge in [-0.05, 0) is 43.4 Å². The van der Waals surface area contributed by atoms with Gasteiger partial charge in [-0.1, -0.05) is 337 Å². The van der Waals surface area contributed by atoms with Gasteiger partial charge >= 0.3 is 39.5 Å². The number of ether oxygens (including phenoxy) is 4. The number of unbranched alkanes of at least 4 members (excludes halogenated alkanes) is 41. The first-order chi connectivity index (χ1) is 45.8. The van der Waals surface area contributed by atoms with Gasteiger partial charge in [-0.3, -0.25) is 37.3 Å². The molecule has 0 bridgehead atoms. The molecule has 0 amide bonds. The first kappa shape index (κ1) is 93.1. The number of hydrogen-bond acceptors (Lipinski definition) is 15. The number of phosphoric ester groups is 2. The van der Waals surface area contributed by atoms with Crippen LogP contribution < -0.4 is 0 Å². The van der Waals surface area contributed by atoms with Gasteiger partial charge in [0.25, 0.3) is 0 Å². The zero-order valence-electron chi connectivity index (χ0n) is 62.1. The first-order valence-electron chi connectivity index (χ1n) is 39.4. The maximum absolute atomic E-state index is 13.1. The molecule has 0 aliphatic rings. The monoisotopic (exact) mass is 1400 g/mol. The summed E-state index contributed by atoms with van der Waals surface area (Å²) >= 11 is 0. The molecule has 6 atom stereocenters. The molecule has 564 valence electrons. The molecule has 0 saturated heterocycles. The van der Waals surface area contributed by atoms with Crippen LogP contribution in [0.5, 0.6) is 0 Å². The van der Waals surface area contributed by atoms with Gasteiger partial charge in [0.1, 0.15) is 19.3 Å². The summed E-state index contributed by atoms with van der Waals surface area (Å²) in [5.41, 5.74) is 0. The third-order valence-corrected chi connectivity index (χ3v) is 19.9. The standard InChI is InChI=1S/C76H148O17P2/c1-8-10-11-12-13-14-15-20-24-27-36-43-50-57-73(78)86-63-71(92-75(80)59-52-45-38-28-25-22-19-17-16-18-21-23-26-33-40-47-54-67(3)4)65-90-94(82,83)88-61-70(77)62-89-95(84,85)91-66-72(64-87-74(79)58-51-44-37-31-29-34-41-48-55-68(5)6)93-76(81)60-53-46-39-32-30-35-42-49-56-69(7)9-2/h67-72,77H,8-66H2,1-7H3,(H,82,83)(H,84,85)/t69?,70-,71-,72-/m1/s1. The summed E-state index contributed by atoms with van der Waals surface area (Å²) in [6.07, 6.45) is 52.7. The molecular weight excluding hydrogens is 1250 g/mol. The van der Waals surface area contributed by atoms with E-state index in [1.165, 1.54) is 199 Å². The van der Waals surface area contributed by atoms with Crippen LogP contribution >= 0.6 is 15.6 Å². The molecule has 0 aliphatic carbocycles. The second-order valence-electron chi connectivity index (χ2n) is 28.6. The van der Waals surface area contributed by atoms with Crippen LogP contribution in [0.15, 0.2) is 0 Å². The summed E-state index contributed by atoms with van der Waals surface area (Å²) < 4.78 is 68.5. The average Bonchev–Trinajstić information content (AvgIpc) is 1.23. The fourth-order valence-corrected chi connectivity index (χ4v) is 13.1. The first-order valence-corrected chi connectivity index (χ1v) is 42.4. The highest BCUT2D eigenvalue weighted by Crippen LogP contribution is 2.45. The van der Waals surface area contributed by atoms with Crippen molar-refractivity contribution in [3.8, 4) is 0 Å². The SMILES string of the molecule is CCCCCCCCCCCCCCCC(=O)OC[C@H](COP(=O)(O)OC[C@@H](O)COP(=O)(O)OC[C@@H](COC(=O)CCCCCCCCCCC(C)C)OC(=O)CCCCCCCCCCC(C)CC)OC(=O)CCCCCCCCCCCCCCCCCCC(C)C. The summed E-state index contributed by atoms with van der Waals surface area (Å²) in [6, 6.07) is 0. The second kappa shape index (κ2) is 66.6. The second-order valence-corrected chi connectivity index (χ2v) is 31.5. The zero-order valence-corrected chi connectivity index (χ0v) is 63.9. The normalized spacial score (nSPS) is 14.4. The van der Waals surface area contributed by atoms with Gasteiger partial charge in [0.05, 0.1) is 26.4 Å². The lowest BCUT2D eigenvalue weighted by Gasteiger charge is -2.21. The predicted molar refractivity (Wildman–Crippen MR) is 386 cm³/mol. The lowest BCUT2D eigenvalue weighted by molar-refractivity contribution is -0.161. The van der Waals surface area contributed by atoms with Crippen molar-refractivity contribution in [1.82, 2.24) is 0 Å². The Morgan fingerprint density at radius 1 is 0.305 bits per heavy atom. The molecule has 0 aromatic carbocycles. The van der Waals surface area contributed by atoms with Crippen LogP contribution in [0.25, 0.3) is 0 Å². The van der Waals surface area contributed by atoms with Crippen molar-refractivity contribution in [1.29, 1.82) is 0 Å². The molecule has 0 aromatic rings. The summed E-state index contributed by atoms with van der Waals surface area (Å²) in [7, 11) is -9.91. The van der Waals surface area contributed by atoms with E-state index >= 15 is 0 Å². The van der Waals surface area contributed by atoms with Crippen molar-refractivity contribution < 1.29 is 80.2 Å². The number of aliphatic hydroxyl groups excluding tert-OH is 1. The number of rotatable bonds is 74. The highest BCUT2D eigenvalue weighted by Gasteiger charge is 2.30. The van der Waals surface area contributed by atoms with Crippen LogP contribution in [0.1, 0.15) is 389 Å². The van der Waals surface area contributed by atoms with Gasteiger partial charge in [-0.15, -0.1) is 0 Å². The Labute approximate surface area is 581 Å². The minimum absolute atomic E-state index is 0.104. The van der Waals surface area contributed by atoms with Gasteiger partial charge < -0.3 is 33.8 Å². The molecule has 0 saturated carbocycles. The van der Waals surface area contributed by atoms with Crippen LogP contribution in [-0.4, -0.2) is 96.7 Å². The lowest BCUT2D eigenvalue weighted by Crippen LogP contribution is -2.30. The largest absolute Gasteiger partial charge is 0.472 e. The average molecular weight is 1400 g/mol. The van der Waals surface area contributed by atoms with Crippen LogP contribution in [-0.2, 0) is 65.4 Å². The molecule has 0 rings (SSSR count).